The number of aromatic nitrogens is 1. The van der Waals surface area contributed by atoms with E-state index in [1.807, 2.05) is 10.8 Å². The molecule has 1 unspecified atom stereocenters. The lowest BCUT2D eigenvalue weighted by atomic mass is 10.2. The minimum atomic E-state index is -0.736. The van der Waals surface area contributed by atoms with Crippen LogP contribution in [0, 0.1) is 5.92 Å². The number of hydrogen-bond donors (Lipinski definition) is 1. The minimum Gasteiger partial charge on any atom is -0.481 e. The lowest BCUT2D eigenvalue weighted by molar-refractivity contribution is -0.140. The van der Waals surface area contributed by atoms with Crippen LogP contribution in [0.15, 0.2) is 22.2 Å². The number of carbonyl (C=O) groups is 1. The highest BCUT2D eigenvalue weighted by Gasteiger charge is 2.11. The predicted molar refractivity (Wildman–Crippen MR) is 78.4 cm³/mol. The van der Waals surface area contributed by atoms with Gasteiger partial charge in [-0.15, -0.1) is 11.3 Å². The number of rotatable bonds is 6. The number of nitrogens with zero attached hydrogens (tertiary/aromatic N) is 1. The second kappa shape index (κ2) is 6.36. The van der Waals surface area contributed by atoms with Gasteiger partial charge in [-0.25, -0.2) is 4.98 Å². The number of thiazole rings is 1. The summed E-state index contributed by atoms with van der Waals surface area (Å²) in [6.07, 6.45) is 0. The van der Waals surface area contributed by atoms with Crippen LogP contribution in [0.2, 0.25) is 0 Å². The van der Waals surface area contributed by atoms with Gasteiger partial charge in [-0.1, -0.05) is 6.92 Å². The van der Waals surface area contributed by atoms with Crippen molar-refractivity contribution in [3.8, 4) is 10.6 Å². The molecule has 0 saturated heterocycles. The topological polar surface area (TPSA) is 50.2 Å². The van der Waals surface area contributed by atoms with Crippen LogP contribution in [0.25, 0.3) is 10.6 Å². The number of hydrogen-bond acceptors (Lipinski definition) is 5. The van der Waals surface area contributed by atoms with Crippen LogP contribution < -0.4 is 0 Å². The van der Waals surface area contributed by atoms with Crippen LogP contribution in [0.5, 0.6) is 0 Å². The SMILES string of the molecule is CC(CSCc1csc(-c2ccsc2)n1)C(=O)O. The third kappa shape index (κ3) is 3.57. The fourth-order valence-corrected chi connectivity index (χ4v) is 3.91. The predicted octanol–water partition coefficient (Wildman–Crippen LogP) is 3.83. The molecule has 0 fully saturated rings. The Morgan fingerprint density at radius 1 is 1.56 bits per heavy atom. The molecule has 1 N–H and O–H groups in total. The van der Waals surface area contributed by atoms with Crippen molar-refractivity contribution >= 4 is 40.4 Å². The summed E-state index contributed by atoms with van der Waals surface area (Å²) in [4.78, 5) is 15.2. The Kier molecular flexibility index (Phi) is 4.79. The number of carboxylic acid groups (broad SMARTS) is 1. The molecule has 0 bridgehead atoms. The van der Waals surface area contributed by atoms with E-state index < -0.39 is 5.97 Å². The Bertz CT molecular complexity index is 507. The van der Waals surface area contributed by atoms with E-state index in [1.54, 1.807) is 41.4 Å². The molecule has 1 atom stereocenters. The molecule has 2 rings (SSSR count). The van der Waals surface area contributed by atoms with Crippen molar-refractivity contribution in [2.75, 3.05) is 5.75 Å². The van der Waals surface area contributed by atoms with Crippen LogP contribution >= 0.6 is 34.4 Å². The Labute approximate surface area is 118 Å². The van der Waals surface area contributed by atoms with E-state index in [1.165, 1.54) is 5.56 Å². The second-order valence-corrected chi connectivity index (χ2v) is 6.58. The normalized spacial score (nSPS) is 12.5. The molecule has 0 spiro atoms. The first kappa shape index (κ1) is 13.6. The van der Waals surface area contributed by atoms with Crippen molar-refractivity contribution in [2.24, 2.45) is 5.92 Å². The molecule has 0 radical (unpaired) electrons. The second-order valence-electron chi connectivity index (χ2n) is 3.91. The molecule has 96 valence electrons. The van der Waals surface area contributed by atoms with Crippen molar-refractivity contribution < 1.29 is 9.90 Å². The maximum Gasteiger partial charge on any atom is 0.307 e. The summed E-state index contributed by atoms with van der Waals surface area (Å²) in [5.74, 6) is 0.364. The largest absolute Gasteiger partial charge is 0.481 e. The summed E-state index contributed by atoms with van der Waals surface area (Å²) in [6.45, 7) is 1.73. The number of thiophene rings is 1. The first-order chi connectivity index (χ1) is 8.66. The Hall–Kier alpha value is -0.850. The van der Waals surface area contributed by atoms with Gasteiger partial charge in [0.05, 0.1) is 11.6 Å². The summed E-state index contributed by atoms with van der Waals surface area (Å²) in [6, 6.07) is 2.06. The Balaban J connectivity index is 1.86. The maximum atomic E-state index is 10.7. The first-order valence-electron chi connectivity index (χ1n) is 5.44. The monoisotopic (exact) mass is 299 g/mol. The summed E-state index contributed by atoms with van der Waals surface area (Å²) in [5, 5.41) is 16.0. The van der Waals surface area contributed by atoms with Gasteiger partial charge >= 0.3 is 5.97 Å². The van der Waals surface area contributed by atoms with Gasteiger partial charge < -0.3 is 5.11 Å². The van der Waals surface area contributed by atoms with E-state index in [0.717, 1.165) is 16.5 Å². The van der Waals surface area contributed by atoms with Gasteiger partial charge in [0.15, 0.2) is 0 Å². The van der Waals surface area contributed by atoms with E-state index in [-0.39, 0.29) is 5.92 Å². The zero-order valence-electron chi connectivity index (χ0n) is 9.83. The number of carboxylic acids is 1. The fourth-order valence-electron chi connectivity index (χ4n) is 1.30. The van der Waals surface area contributed by atoms with Gasteiger partial charge in [-0.3, -0.25) is 4.79 Å². The van der Waals surface area contributed by atoms with Gasteiger partial charge in [-0.05, 0) is 11.4 Å². The van der Waals surface area contributed by atoms with E-state index in [2.05, 4.69) is 16.4 Å². The zero-order valence-corrected chi connectivity index (χ0v) is 12.3. The van der Waals surface area contributed by atoms with Gasteiger partial charge in [0.1, 0.15) is 5.01 Å². The number of aliphatic carboxylic acids is 1. The third-order valence-electron chi connectivity index (χ3n) is 2.36. The smallest absolute Gasteiger partial charge is 0.307 e. The van der Waals surface area contributed by atoms with E-state index in [0.29, 0.717) is 5.75 Å². The lowest BCUT2D eigenvalue weighted by Crippen LogP contribution is -2.11. The van der Waals surface area contributed by atoms with Crippen LogP contribution in [-0.4, -0.2) is 21.8 Å². The Morgan fingerprint density at radius 2 is 2.39 bits per heavy atom. The van der Waals surface area contributed by atoms with E-state index in [4.69, 9.17) is 5.11 Å². The highest BCUT2D eigenvalue weighted by atomic mass is 32.2. The molecule has 2 heterocycles. The standard InChI is InChI=1S/C12H13NO2S3/c1-8(12(14)15)4-17-6-10-7-18-11(13-10)9-2-3-16-5-9/h2-3,5,7-8H,4,6H2,1H3,(H,14,15). The molecular weight excluding hydrogens is 286 g/mol. The molecule has 0 saturated carbocycles. The zero-order chi connectivity index (χ0) is 13.0. The molecule has 0 aliphatic rings. The highest BCUT2D eigenvalue weighted by Crippen LogP contribution is 2.27. The molecular formula is C12H13NO2S3. The van der Waals surface area contributed by atoms with Crippen LogP contribution in [0.3, 0.4) is 0 Å². The quantitative estimate of drug-likeness (QED) is 0.881. The van der Waals surface area contributed by atoms with Crippen molar-refractivity contribution in [1.29, 1.82) is 0 Å². The van der Waals surface area contributed by atoms with Gasteiger partial charge in [0, 0.05) is 27.8 Å². The van der Waals surface area contributed by atoms with Gasteiger partial charge in [0.25, 0.3) is 0 Å². The molecule has 0 aliphatic heterocycles. The molecule has 3 nitrogen and oxygen atoms in total. The van der Waals surface area contributed by atoms with E-state index >= 15 is 0 Å². The molecule has 0 amide bonds. The molecule has 0 aliphatic carbocycles. The number of thioether (sulfide) groups is 1. The van der Waals surface area contributed by atoms with Crippen molar-refractivity contribution in [3.63, 3.8) is 0 Å². The van der Waals surface area contributed by atoms with Gasteiger partial charge in [0.2, 0.25) is 0 Å². The third-order valence-corrected chi connectivity index (χ3v) is 5.22. The first-order valence-corrected chi connectivity index (χ1v) is 8.42. The minimum absolute atomic E-state index is 0.301. The summed E-state index contributed by atoms with van der Waals surface area (Å²) in [7, 11) is 0. The van der Waals surface area contributed by atoms with Crippen LogP contribution in [0.1, 0.15) is 12.6 Å². The van der Waals surface area contributed by atoms with Crippen LogP contribution in [0.4, 0.5) is 0 Å². The van der Waals surface area contributed by atoms with Gasteiger partial charge in [-0.2, -0.15) is 23.1 Å². The summed E-state index contributed by atoms with van der Waals surface area (Å²) >= 11 is 4.92. The molecule has 6 heteroatoms. The molecule has 2 aromatic rings. The molecule has 0 aromatic carbocycles. The van der Waals surface area contributed by atoms with E-state index in [9.17, 15) is 4.79 Å². The maximum absolute atomic E-state index is 10.7. The van der Waals surface area contributed by atoms with Crippen molar-refractivity contribution in [1.82, 2.24) is 4.98 Å². The Morgan fingerprint density at radius 3 is 3.06 bits per heavy atom. The average molecular weight is 299 g/mol. The summed E-state index contributed by atoms with van der Waals surface area (Å²) in [5.41, 5.74) is 2.20. The molecule has 2 aromatic heterocycles. The lowest BCUT2D eigenvalue weighted by Gasteiger charge is -2.03. The van der Waals surface area contributed by atoms with Crippen molar-refractivity contribution in [3.05, 3.63) is 27.9 Å². The van der Waals surface area contributed by atoms with Crippen LogP contribution in [-0.2, 0) is 10.5 Å². The summed E-state index contributed by atoms with van der Waals surface area (Å²) < 4.78 is 0. The molecule has 18 heavy (non-hydrogen) atoms. The highest BCUT2D eigenvalue weighted by molar-refractivity contribution is 7.98. The fraction of sp³-hybridized carbons (Fsp3) is 0.333. The van der Waals surface area contributed by atoms with Crippen molar-refractivity contribution in [2.45, 2.75) is 12.7 Å². The average Bonchev–Trinajstić information content (AvgIpc) is 2.98.